The van der Waals surface area contributed by atoms with Gasteiger partial charge in [0.2, 0.25) is 0 Å². The molecule has 1 N–H and O–H groups in total. The lowest BCUT2D eigenvalue weighted by Crippen LogP contribution is -2.15. The quantitative estimate of drug-likeness (QED) is 0.0913. The molecule has 0 atom stereocenters. The number of ether oxygens (including phenoxy) is 9. The molecular formula is C33H68O10. The third kappa shape index (κ3) is 41.6. The third-order valence-electron chi connectivity index (χ3n) is 6.56. The van der Waals surface area contributed by atoms with E-state index in [-0.39, 0.29) is 6.61 Å². The average molecular weight is 625 g/mol. The normalized spacial score (nSPS) is 11.6. The summed E-state index contributed by atoms with van der Waals surface area (Å²) in [5, 5.41) is 8.58. The minimum absolute atomic E-state index is 0.0329. The Morgan fingerprint density at radius 2 is 0.465 bits per heavy atom. The van der Waals surface area contributed by atoms with E-state index < -0.39 is 0 Å². The summed E-state index contributed by atoms with van der Waals surface area (Å²) >= 11 is 0. The monoisotopic (exact) mass is 624 g/mol. The molecule has 0 fully saturated rings. The predicted octanol–water partition coefficient (Wildman–Crippen LogP) is 5.22. The van der Waals surface area contributed by atoms with Crippen LogP contribution in [0.4, 0.5) is 0 Å². The number of hydrogen-bond acceptors (Lipinski definition) is 10. The first-order chi connectivity index (χ1) is 21.4. The number of unbranched alkanes of at least 4 members (excludes halogenated alkanes) is 11. The minimum Gasteiger partial charge on any atom is -0.394 e. The molecule has 0 aromatic carbocycles. The van der Waals surface area contributed by atoms with E-state index in [4.69, 9.17) is 47.7 Å². The molecule has 0 aromatic rings. The van der Waals surface area contributed by atoms with Crippen molar-refractivity contribution in [2.45, 2.75) is 90.4 Å². The summed E-state index contributed by atoms with van der Waals surface area (Å²) in [5.41, 5.74) is 0. The number of aliphatic hydroxyl groups is 1. The summed E-state index contributed by atoms with van der Waals surface area (Å²) < 4.78 is 49.2. The Labute approximate surface area is 263 Å². The molecular weight excluding hydrogens is 556 g/mol. The highest BCUT2D eigenvalue weighted by Crippen LogP contribution is 2.11. The Morgan fingerprint density at radius 1 is 0.256 bits per heavy atom. The van der Waals surface area contributed by atoms with Gasteiger partial charge in [-0.3, -0.25) is 0 Å². The fourth-order valence-electron chi connectivity index (χ4n) is 4.08. The Bertz CT molecular complexity index is 433. The highest BCUT2D eigenvalue weighted by atomic mass is 16.6. The number of aliphatic hydroxyl groups excluding tert-OH is 1. The maximum atomic E-state index is 8.58. The highest BCUT2D eigenvalue weighted by Gasteiger charge is 1.97. The summed E-state index contributed by atoms with van der Waals surface area (Å²) in [7, 11) is 0. The van der Waals surface area contributed by atoms with Crippen molar-refractivity contribution in [2.24, 2.45) is 0 Å². The van der Waals surface area contributed by atoms with Gasteiger partial charge in [-0.15, -0.1) is 0 Å². The Kier molecular flexibility index (Phi) is 41.2. The maximum absolute atomic E-state index is 8.58. The minimum atomic E-state index is 0.0329. The van der Waals surface area contributed by atoms with Gasteiger partial charge in [0.05, 0.1) is 106 Å². The maximum Gasteiger partial charge on any atom is 0.0701 e. The van der Waals surface area contributed by atoms with Crippen molar-refractivity contribution in [3.05, 3.63) is 0 Å². The van der Waals surface area contributed by atoms with Crippen LogP contribution >= 0.6 is 0 Å². The van der Waals surface area contributed by atoms with Crippen molar-refractivity contribution in [2.75, 3.05) is 126 Å². The lowest BCUT2D eigenvalue weighted by Gasteiger charge is -2.08. The van der Waals surface area contributed by atoms with Crippen molar-refractivity contribution in [3.8, 4) is 0 Å². The second kappa shape index (κ2) is 41.6. The Hall–Kier alpha value is -0.400. The van der Waals surface area contributed by atoms with Gasteiger partial charge in [-0.25, -0.2) is 0 Å². The van der Waals surface area contributed by atoms with Crippen LogP contribution in [0.3, 0.4) is 0 Å². The lowest BCUT2D eigenvalue weighted by molar-refractivity contribution is -0.0239. The third-order valence-corrected chi connectivity index (χ3v) is 6.56. The molecule has 0 unspecified atom stereocenters. The van der Waals surface area contributed by atoms with Crippen molar-refractivity contribution in [1.82, 2.24) is 0 Å². The van der Waals surface area contributed by atoms with E-state index in [1.165, 1.54) is 70.6 Å². The zero-order valence-electron chi connectivity index (χ0n) is 27.7. The highest BCUT2D eigenvalue weighted by molar-refractivity contribution is 4.48. The zero-order chi connectivity index (χ0) is 31.0. The smallest absolute Gasteiger partial charge is 0.0701 e. The van der Waals surface area contributed by atoms with Crippen molar-refractivity contribution in [1.29, 1.82) is 0 Å². The zero-order valence-corrected chi connectivity index (χ0v) is 27.7. The lowest BCUT2D eigenvalue weighted by atomic mass is 10.1. The van der Waals surface area contributed by atoms with Gasteiger partial charge in [0.25, 0.3) is 0 Å². The fraction of sp³-hybridized carbons (Fsp3) is 1.00. The number of hydrogen-bond donors (Lipinski definition) is 1. The topological polar surface area (TPSA) is 103 Å². The predicted molar refractivity (Wildman–Crippen MR) is 170 cm³/mol. The summed E-state index contributed by atoms with van der Waals surface area (Å²) in [6.45, 7) is 12.6. The standard InChI is InChI=1S/C33H68O10/c1-2-3-4-5-6-7-8-9-10-11-12-16-35-17-13-14-18-36-20-22-38-24-26-40-28-30-42-32-33-43-31-29-41-27-25-39-23-21-37-19-15-34/h34H,2-33H2,1H3. The van der Waals surface area contributed by atoms with E-state index in [1.807, 2.05) is 0 Å². The molecule has 260 valence electrons. The second-order valence-corrected chi connectivity index (χ2v) is 10.5. The van der Waals surface area contributed by atoms with Crippen LogP contribution in [-0.2, 0) is 42.6 Å². The molecule has 0 spiro atoms. The summed E-state index contributed by atoms with van der Waals surface area (Å²) in [5.74, 6) is 0. The van der Waals surface area contributed by atoms with E-state index >= 15 is 0 Å². The van der Waals surface area contributed by atoms with Crippen LogP contribution in [-0.4, -0.2) is 131 Å². The second-order valence-electron chi connectivity index (χ2n) is 10.5. The van der Waals surface area contributed by atoms with E-state index in [1.54, 1.807) is 0 Å². The van der Waals surface area contributed by atoms with Crippen molar-refractivity contribution >= 4 is 0 Å². The molecule has 0 heterocycles. The van der Waals surface area contributed by atoms with Crippen molar-refractivity contribution < 1.29 is 47.7 Å². The Balaban J connectivity index is 3.02. The van der Waals surface area contributed by atoms with Crippen LogP contribution in [0.5, 0.6) is 0 Å². The first-order valence-electron chi connectivity index (χ1n) is 17.2. The van der Waals surface area contributed by atoms with Gasteiger partial charge in [0, 0.05) is 19.8 Å². The van der Waals surface area contributed by atoms with Gasteiger partial charge >= 0.3 is 0 Å². The van der Waals surface area contributed by atoms with E-state index in [0.717, 1.165) is 32.7 Å². The number of rotatable bonds is 40. The Morgan fingerprint density at radius 3 is 0.767 bits per heavy atom. The van der Waals surface area contributed by atoms with Gasteiger partial charge in [0.1, 0.15) is 0 Å². The van der Waals surface area contributed by atoms with Crippen LogP contribution in [0.1, 0.15) is 90.4 Å². The van der Waals surface area contributed by atoms with E-state index in [0.29, 0.717) is 99.1 Å². The molecule has 0 aliphatic heterocycles. The molecule has 0 aromatic heterocycles. The first kappa shape index (κ1) is 42.6. The molecule has 0 radical (unpaired) electrons. The van der Waals surface area contributed by atoms with Crippen LogP contribution < -0.4 is 0 Å². The van der Waals surface area contributed by atoms with E-state index in [2.05, 4.69) is 6.92 Å². The molecule has 0 saturated heterocycles. The SMILES string of the molecule is CCCCCCCCCCCCCOCCCCOCCOCCOCCOCCOCCOCCOCCOCCO. The van der Waals surface area contributed by atoms with E-state index in [9.17, 15) is 0 Å². The van der Waals surface area contributed by atoms with Crippen molar-refractivity contribution in [3.63, 3.8) is 0 Å². The molecule has 0 amide bonds. The first-order valence-corrected chi connectivity index (χ1v) is 17.2. The molecule has 0 bridgehead atoms. The van der Waals surface area contributed by atoms with Gasteiger partial charge in [-0.1, -0.05) is 71.1 Å². The van der Waals surface area contributed by atoms with Crippen LogP contribution in [0.2, 0.25) is 0 Å². The molecule has 43 heavy (non-hydrogen) atoms. The molecule has 0 rings (SSSR count). The van der Waals surface area contributed by atoms with Crippen LogP contribution in [0.25, 0.3) is 0 Å². The summed E-state index contributed by atoms with van der Waals surface area (Å²) in [6.07, 6.45) is 17.1. The molecule has 10 nitrogen and oxygen atoms in total. The molecule has 10 heteroatoms. The molecule has 0 aliphatic carbocycles. The van der Waals surface area contributed by atoms with Gasteiger partial charge in [0.15, 0.2) is 0 Å². The molecule has 0 saturated carbocycles. The van der Waals surface area contributed by atoms with Crippen LogP contribution in [0, 0.1) is 0 Å². The summed E-state index contributed by atoms with van der Waals surface area (Å²) in [6, 6.07) is 0. The van der Waals surface area contributed by atoms with Crippen LogP contribution in [0.15, 0.2) is 0 Å². The van der Waals surface area contributed by atoms with Gasteiger partial charge in [-0.05, 0) is 19.3 Å². The molecule has 0 aliphatic rings. The van der Waals surface area contributed by atoms with Gasteiger partial charge < -0.3 is 47.7 Å². The average Bonchev–Trinajstić information content (AvgIpc) is 3.02. The largest absolute Gasteiger partial charge is 0.394 e. The summed E-state index contributed by atoms with van der Waals surface area (Å²) in [4.78, 5) is 0. The van der Waals surface area contributed by atoms with Gasteiger partial charge in [-0.2, -0.15) is 0 Å². The fourth-order valence-corrected chi connectivity index (χ4v) is 4.08.